The Hall–Kier alpha value is -3.43. The van der Waals surface area contributed by atoms with E-state index in [4.69, 9.17) is 0 Å². The number of thioether (sulfide) groups is 1. The second-order valence-corrected chi connectivity index (χ2v) is 9.28. The maximum absolute atomic E-state index is 12.5. The molecule has 1 aliphatic heterocycles. The van der Waals surface area contributed by atoms with Crippen molar-refractivity contribution >= 4 is 40.1 Å². The largest absolute Gasteiger partial charge is 0.369 e. The van der Waals surface area contributed by atoms with Gasteiger partial charge in [0.05, 0.1) is 17.3 Å². The maximum Gasteiger partial charge on any atom is 0.234 e. The lowest BCUT2D eigenvalue weighted by atomic mass is 10.2. The smallest absolute Gasteiger partial charge is 0.234 e. The fourth-order valence-electron chi connectivity index (χ4n) is 4.15. The molecule has 4 aromatic rings. The Labute approximate surface area is 203 Å². The topological polar surface area (TPSA) is 79.2 Å². The molecule has 2 aromatic heterocycles. The highest BCUT2D eigenvalue weighted by atomic mass is 32.2. The number of nitrogens with one attached hydrogen (secondary N) is 1. The second-order valence-electron chi connectivity index (χ2n) is 8.32. The zero-order chi connectivity index (χ0) is 23.3. The minimum atomic E-state index is -0.0667. The van der Waals surface area contributed by atoms with Crippen molar-refractivity contribution in [3.05, 3.63) is 72.7 Å². The van der Waals surface area contributed by atoms with E-state index in [9.17, 15) is 4.79 Å². The highest BCUT2D eigenvalue weighted by Gasteiger charge is 2.17. The molecule has 5 rings (SSSR count). The maximum atomic E-state index is 12.5. The Morgan fingerprint density at radius 2 is 1.76 bits per heavy atom. The highest BCUT2D eigenvalue weighted by Crippen LogP contribution is 2.24. The summed E-state index contributed by atoms with van der Waals surface area (Å²) in [4.78, 5) is 25.9. The summed E-state index contributed by atoms with van der Waals surface area (Å²) in [6, 6.07) is 18.7. The fourth-order valence-corrected chi connectivity index (χ4v) is 4.91. The first kappa shape index (κ1) is 22.4. The molecule has 0 unspecified atom stereocenters. The average molecular weight is 474 g/mol. The van der Waals surface area contributed by atoms with Gasteiger partial charge in [0.15, 0.2) is 5.65 Å². The number of benzene rings is 2. The van der Waals surface area contributed by atoms with Gasteiger partial charge in [-0.05, 0) is 29.8 Å². The van der Waals surface area contributed by atoms with Crippen LogP contribution in [0.3, 0.4) is 0 Å². The van der Waals surface area contributed by atoms with Gasteiger partial charge in [-0.1, -0.05) is 42.1 Å². The van der Waals surface area contributed by atoms with Crippen LogP contribution in [0.5, 0.6) is 0 Å². The van der Waals surface area contributed by atoms with Crippen LogP contribution in [0.1, 0.15) is 5.56 Å². The lowest BCUT2D eigenvalue weighted by Gasteiger charge is -2.36. The number of fused-ring (bicyclic) bond motifs is 1. The molecule has 0 aliphatic carbocycles. The molecule has 0 atom stereocenters. The first-order valence-corrected chi connectivity index (χ1v) is 12.3. The molecule has 0 bridgehead atoms. The van der Waals surface area contributed by atoms with Gasteiger partial charge < -0.3 is 10.2 Å². The molecular weight excluding hydrogens is 446 g/mol. The zero-order valence-corrected chi connectivity index (χ0v) is 19.9. The molecular formula is C25H27N7OS. The van der Waals surface area contributed by atoms with Crippen LogP contribution in [0, 0.1) is 0 Å². The Balaban J connectivity index is 1.11. The molecule has 1 amide bonds. The van der Waals surface area contributed by atoms with Crippen LogP contribution in [0.2, 0.25) is 0 Å². The van der Waals surface area contributed by atoms with E-state index in [1.165, 1.54) is 29.3 Å². The number of hydrogen-bond donors (Lipinski definition) is 1. The van der Waals surface area contributed by atoms with Crippen LogP contribution in [-0.2, 0) is 18.4 Å². The summed E-state index contributed by atoms with van der Waals surface area (Å²) in [5.74, 6) is 0.203. The molecule has 1 fully saturated rings. The predicted molar refractivity (Wildman–Crippen MR) is 136 cm³/mol. The number of aryl methyl sites for hydroxylation is 1. The van der Waals surface area contributed by atoms with Gasteiger partial charge in [0.2, 0.25) is 5.91 Å². The molecule has 2 aromatic carbocycles. The third-order valence-electron chi connectivity index (χ3n) is 5.97. The zero-order valence-electron chi connectivity index (χ0n) is 19.1. The standard InChI is InChI=1S/C25H27N7OS/c1-30-24-22(15-28-30)25(27-18-26-24)34-17-23(33)29-20-7-9-21(10-8-20)32-13-11-31(12-14-32)16-19-5-3-2-4-6-19/h2-10,15,18H,11-14,16-17H2,1H3,(H,29,33). The molecule has 34 heavy (non-hydrogen) atoms. The molecule has 0 saturated carbocycles. The van der Waals surface area contributed by atoms with Gasteiger partial charge in [0.1, 0.15) is 11.4 Å². The van der Waals surface area contributed by atoms with E-state index in [1.54, 1.807) is 10.9 Å². The van der Waals surface area contributed by atoms with Gasteiger partial charge in [-0.25, -0.2) is 9.97 Å². The Kier molecular flexibility index (Phi) is 6.73. The van der Waals surface area contributed by atoms with Crippen molar-refractivity contribution in [2.75, 3.05) is 42.1 Å². The summed E-state index contributed by atoms with van der Waals surface area (Å²) in [5.41, 5.74) is 4.10. The van der Waals surface area contributed by atoms with Gasteiger partial charge in [-0.15, -0.1) is 0 Å². The summed E-state index contributed by atoms with van der Waals surface area (Å²) < 4.78 is 1.70. The number of rotatable bonds is 7. The molecule has 1 aliphatic rings. The number of amides is 1. The molecule has 3 heterocycles. The van der Waals surface area contributed by atoms with Gasteiger partial charge in [-0.2, -0.15) is 5.10 Å². The van der Waals surface area contributed by atoms with Crippen LogP contribution < -0.4 is 10.2 Å². The van der Waals surface area contributed by atoms with E-state index in [2.05, 4.69) is 72.6 Å². The lowest BCUT2D eigenvalue weighted by Crippen LogP contribution is -2.45. The first-order valence-electron chi connectivity index (χ1n) is 11.3. The first-order chi connectivity index (χ1) is 16.7. The van der Waals surface area contributed by atoms with Crippen molar-refractivity contribution in [3.63, 3.8) is 0 Å². The molecule has 0 radical (unpaired) electrons. The van der Waals surface area contributed by atoms with Crippen molar-refractivity contribution in [1.82, 2.24) is 24.6 Å². The van der Waals surface area contributed by atoms with Crippen LogP contribution in [-0.4, -0.2) is 62.5 Å². The average Bonchev–Trinajstić information content (AvgIpc) is 3.26. The number of carbonyl (C=O) groups excluding carboxylic acids is 1. The molecule has 0 spiro atoms. The van der Waals surface area contributed by atoms with Gasteiger partial charge in [0, 0.05) is 51.1 Å². The van der Waals surface area contributed by atoms with Crippen molar-refractivity contribution in [1.29, 1.82) is 0 Å². The van der Waals surface area contributed by atoms with E-state index in [0.717, 1.165) is 54.5 Å². The van der Waals surface area contributed by atoms with Crippen molar-refractivity contribution in [2.24, 2.45) is 7.05 Å². The molecule has 1 saturated heterocycles. The fraction of sp³-hybridized carbons (Fsp3) is 0.280. The van der Waals surface area contributed by atoms with Crippen molar-refractivity contribution < 1.29 is 4.79 Å². The van der Waals surface area contributed by atoms with Gasteiger partial charge >= 0.3 is 0 Å². The minimum Gasteiger partial charge on any atom is -0.369 e. The molecule has 9 heteroatoms. The normalized spacial score (nSPS) is 14.4. The minimum absolute atomic E-state index is 0.0667. The van der Waals surface area contributed by atoms with E-state index < -0.39 is 0 Å². The number of hydrogen-bond acceptors (Lipinski definition) is 7. The summed E-state index contributed by atoms with van der Waals surface area (Å²) in [6.07, 6.45) is 3.24. The Bertz CT molecular complexity index is 1250. The number of piperazine rings is 1. The third-order valence-corrected chi connectivity index (χ3v) is 6.98. The van der Waals surface area contributed by atoms with Crippen LogP contribution >= 0.6 is 11.8 Å². The highest BCUT2D eigenvalue weighted by molar-refractivity contribution is 8.00. The van der Waals surface area contributed by atoms with Crippen molar-refractivity contribution in [2.45, 2.75) is 11.6 Å². The van der Waals surface area contributed by atoms with Gasteiger partial charge in [-0.3, -0.25) is 14.4 Å². The molecule has 8 nitrogen and oxygen atoms in total. The summed E-state index contributed by atoms with van der Waals surface area (Å²) in [6.45, 7) is 5.07. The van der Waals surface area contributed by atoms with Crippen molar-refractivity contribution in [3.8, 4) is 0 Å². The molecule has 174 valence electrons. The van der Waals surface area contributed by atoms with Crippen LogP contribution in [0.4, 0.5) is 11.4 Å². The molecule has 1 N–H and O–H groups in total. The number of nitrogens with zero attached hydrogens (tertiary/aromatic N) is 6. The Morgan fingerprint density at radius 1 is 1.00 bits per heavy atom. The van der Waals surface area contributed by atoms with E-state index in [1.807, 2.05) is 19.2 Å². The second kappa shape index (κ2) is 10.2. The number of anilines is 2. The number of carbonyl (C=O) groups is 1. The predicted octanol–water partition coefficient (Wildman–Crippen LogP) is 3.42. The SMILES string of the molecule is Cn1ncc2c(SCC(=O)Nc3ccc(N4CCN(Cc5ccccc5)CC4)cc3)ncnc21. The van der Waals surface area contributed by atoms with Crippen LogP contribution in [0.15, 0.2) is 72.1 Å². The Morgan fingerprint density at radius 3 is 2.53 bits per heavy atom. The van der Waals surface area contributed by atoms with E-state index in [0.29, 0.717) is 0 Å². The summed E-state index contributed by atoms with van der Waals surface area (Å²) in [5, 5.41) is 8.81. The van der Waals surface area contributed by atoms with E-state index in [-0.39, 0.29) is 11.7 Å². The number of aromatic nitrogens is 4. The lowest BCUT2D eigenvalue weighted by molar-refractivity contribution is -0.113. The van der Waals surface area contributed by atoms with Crippen LogP contribution in [0.25, 0.3) is 11.0 Å². The summed E-state index contributed by atoms with van der Waals surface area (Å²) in [7, 11) is 1.84. The van der Waals surface area contributed by atoms with Gasteiger partial charge in [0.25, 0.3) is 0 Å². The van der Waals surface area contributed by atoms with E-state index >= 15 is 0 Å². The quantitative estimate of drug-likeness (QED) is 0.325. The monoisotopic (exact) mass is 473 g/mol. The third kappa shape index (κ3) is 5.21. The summed E-state index contributed by atoms with van der Waals surface area (Å²) >= 11 is 1.39.